The highest BCUT2D eigenvalue weighted by Gasteiger charge is 2.18. The van der Waals surface area contributed by atoms with Crippen LogP contribution in [0.15, 0.2) is 65.3 Å². The molecule has 0 spiro atoms. The number of methoxy groups -OCH3 is 1. The minimum atomic E-state index is -0.478. The number of carbonyl (C=O) groups excluding carboxylic acids is 1. The lowest BCUT2D eigenvalue weighted by Gasteiger charge is -2.12. The molecule has 0 fully saturated rings. The molecule has 0 unspecified atom stereocenters. The number of nitrogens with zero attached hydrogens (tertiary/aromatic N) is 2. The van der Waals surface area contributed by atoms with Gasteiger partial charge in [-0.05, 0) is 31.2 Å². The number of furan rings is 1. The smallest absolute Gasteiger partial charge is 0.341 e. The Morgan fingerprint density at radius 3 is 2.74 bits per heavy atom. The van der Waals surface area contributed by atoms with E-state index in [9.17, 15) is 10.1 Å². The maximum Gasteiger partial charge on any atom is 0.341 e. The third-order valence-electron chi connectivity index (χ3n) is 4.73. The predicted molar refractivity (Wildman–Crippen MR) is 114 cm³/mol. The predicted octanol–water partition coefficient (Wildman–Crippen LogP) is 4.92. The van der Waals surface area contributed by atoms with E-state index < -0.39 is 5.97 Å². The van der Waals surface area contributed by atoms with Crippen LogP contribution in [0.5, 0.6) is 5.75 Å². The number of para-hydroxylation sites is 1. The Morgan fingerprint density at radius 2 is 2.00 bits per heavy atom. The summed E-state index contributed by atoms with van der Waals surface area (Å²) < 4.78 is 23.4. The fourth-order valence-corrected chi connectivity index (χ4v) is 3.29. The molecular weight excluding hydrogens is 396 g/mol. The lowest BCUT2D eigenvalue weighted by molar-refractivity contribution is 0.0438. The highest BCUT2D eigenvalue weighted by atomic mass is 16.7. The first-order chi connectivity index (χ1) is 15.1. The summed E-state index contributed by atoms with van der Waals surface area (Å²) in [5.74, 6) is 0.458. The number of hydrogen-bond acceptors (Lipinski definition) is 6. The van der Waals surface area contributed by atoms with Gasteiger partial charge < -0.3 is 23.2 Å². The van der Waals surface area contributed by atoms with E-state index in [1.165, 1.54) is 7.11 Å². The van der Waals surface area contributed by atoms with E-state index in [1.54, 1.807) is 35.9 Å². The van der Waals surface area contributed by atoms with Gasteiger partial charge in [-0.15, -0.1) is 0 Å². The van der Waals surface area contributed by atoms with Gasteiger partial charge >= 0.3 is 5.97 Å². The van der Waals surface area contributed by atoms with Crippen molar-refractivity contribution in [3.63, 3.8) is 0 Å². The summed E-state index contributed by atoms with van der Waals surface area (Å²) in [5.41, 5.74) is 2.90. The lowest BCUT2D eigenvalue weighted by atomic mass is 10.1. The molecule has 4 aromatic rings. The zero-order chi connectivity index (χ0) is 21.8. The zero-order valence-corrected chi connectivity index (χ0v) is 17.1. The maximum absolute atomic E-state index is 12.2. The third kappa shape index (κ3) is 4.02. The molecule has 0 aliphatic carbocycles. The average Bonchev–Trinajstić information content (AvgIpc) is 3.41. The molecular formula is C24H20N2O5. The average molecular weight is 416 g/mol. The van der Waals surface area contributed by atoms with Gasteiger partial charge in [0.25, 0.3) is 0 Å². The van der Waals surface area contributed by atoms with Gasteiger partial charge in [-0.25, -0.2) is 4.79 Å². The van der Waals surface area contributed by atoms with Crippen molar-refractivity contribution in [2.75, 3.05) is 20.5 Å². The van der Waals surface area contributed by atoms with Crippen LogP contribution in [-0.4, -0.2) is 31.0 Å². The summed E-state index contributed by atoms with van der Waals surface area (Å²) in [4.78, 5) is 12.2. The number of hydrogen-bond donors (Lipinski definition) is 0. The van der Waals surface area contributed by atoms with Crippen LogP contribution in [0.4, 0.5) is 0 Å². The van der Waals surface area contributed by atoms with Crippen molar-refractivity contribution >= 4 is 16.9 Å². The van der Waals surface area contributed by atoms with Crippen molar-refractivity contribution in [1.82, 2.24) is 4.57 Å². The van der Waals surface area contributed by atoms with E-state index in [0.717, 1.165) is 11.0 Å². The van der Waals surface area contributed by atoms with Gasteiger partial charge in [0.15, 0.2) is 6.79 Å². The maximum atomic E-state index is 12.2. The number of rotatable bonds is 7. The Bertz CT molecular complexity index is 1250. The number of ether oxygens (including phenoxy) is 3. The van der Waals surface area contributed by atoms with Crippen molar-refractivity contribution in [3.05, 3.63) is 72.1 Å². The molecule has 0 saturated heterocycles. The summed E-state index contributed by atoms with van der Waals surface area (Å²) in [6, 6.07) is 16.9. The molecule has 7 nitrogen and oxygen atoms in total. The minimum Gasteiger partial charge on any atom is -0.467 e. The van der Waals surface area contributed by atoms with Crippen molar-refractivity contribution in [1.29, 1.82) is 5.26 Å². The Hall–Kier alpha value is -4.02. The van der Waals surface area contributed by atoms with Crippen molar-refractivity contribution in [3.8, 4) is 28.8 Å². The van der Waals surface area contributed by atoms with Crippen LogP contribution in [0.1, 0.15) is 22.8 Å². The molecule has 0 atom stereocenters. The zero-order valence-electron chi connectivity index (χ0n) is 17.1. The third-order valence-corrected chi connectivity index (χ3v) is 4.73. The molecule has 7 heteroatoms. The monoisotopic (exact) mass is 416 g/mol. The van der Waals surface area contributed by atoms with E-state index in [1.807, 2.05) is 36.5 Å². The van der Waals surface area contributed by atoms with Gasteiger partial charge in [0, 0.05) is 36.6 Å². The molecule has 0 aliphatic heterocycles. The summed E-state index contributed by atoms with van der Waals surface area (Å²) in [6.45, 7) is 1.98. The molecule has 156 valence electrons. The number of carbonyl (C=O) groups is 1. The normalized spacial score (nSPS) is 10.7. The van der Waals surface area contributed by atoms with Crippen molar-refractivity contribution in [2.45, 2.75) is 6.92 Å². The van der Waals surface area contributed by atoms with Crippen LogP contribution in [0.3, 0.4) is 0 Å². The Kier molecular flexibility index (Phi) is 5.74. The molecule has 0 aliphatic rings. The van der Waals surface area contributed by atoms with E-state index in [0.29, 0.717) is 33.9 Å². The van der Waals surface area contributed by atoms with Crippen LogP contribution in [0.25, 0.3) is 28.0 Å². The van der Waals surface area contributed by atoms with Gasteiger partial charge in [-0.1, -0.05) is 18.2 Å². The SMILES string of the molecule is CCOC(=O)c1ccc(-n2cc(C#N)c(-c3cc4ccccc4o3)c2)cc1OCOC. The van der Waals surface area contributed by atoms with E-state index >= 15 is 0 Å². The van der Waals surface area contributed by atoms with Crippen molar-refractivity contribution < 1.29 is 23.4 Å². The molecule has 0 bridgehead atoms. The van der Waals surface area contributed by atoms with E-state index in [-0.39, 0.29) is 13.4 Å². The van der Waals surface area contributed by atoms with E-state index in [4.69, 9.17) is 18.6 Å². The fraction of sp³-hybridized carbons (Fsp3) is 0.167. The van der Waals surface area contributed by atoms with Crippen LogP contribution >= 0.6 is 0 Å². The minimum absolute atomic E-state index is 0.0186. The standard InChI is InChI=1S/C24H20N2O5/c1-3-29-24(27)19-9-8-18(11-22(19)30-15-28-2)26-13-17(12-25)20(14-26)23-10-16-6-4-5-7-21(16)31-23/h4-11,13-14H,3,15H2,1-2H3. The van der Waals surface area contributed by atoms with Gasteiger partial charge in [0.05, 0.1) is 17.7 Å². The Labute approximate surface area is 179 Å². The van der Waals surface area contributed by atoms with Crippen LogP contribution < -0.4 is 4.74 Å². The second-order valence-electron chi connectivity index (χ2n) is 6.70. The van der Waals surface area contributed by atoms with Crippen LogP contribution in [0, 0.1) is 11.3 Å². The topological polar surface area (TPSA) is 86.6 Å². The fourth-order valence-electron chi connectivity index (χ4n) is 3.29. The largest absolute Gasteiger partial charge is 0.467 e. The van der Waals surface area contributed by atoms with Gasteiger partial charge in [0.1, 0.15) is 28.7 Å². The number of fused-ring (bicyclic) bond motifs is 1. The first-order valence-corrected chi connectivity index (χ1v) is 9.69. The quantitative estimate of drug-likeness (QED) is 0.314. The highest BCUT2D eigenvalue weighted by molar-refractivity contribution is 5.93. The van der Waals surface area contributed by atoms with Crippen LogP contribution in [0.2, 0.25) is 0 Å². The molecule has 2 heterocycles. The number of benzene rings is 2. The number of nitriles is 1. The number of aromatic nitrogens is 1. The summed E-state index contributed by atoms with van der Waals surface area (Å²) in [6.07, 6.45) is 3.53. The molecule has 4 rings (SSSR count). The summed E-state index contributed by atoms with van der Waals surface area (Å²) in [5, 5.41) is 10.6. The molecule has 2 aromatic heterocycles. The molecule has 31 heavy (non-hydrogen) atoms. The summed E-state index contributed by atoms with van der Waals surface area (Å²) >= 11 is 0. The second kappa shape index (κ2) is 8.78. The first-order valence-electron chi connectivity index (χ1n) is 9.69. The molecule has 0 amide bonds. The van der Waals surface area contributed by atoms with Gasteiger partial charge in [-0.2, -0.15) is 5.26 Å². The second-order valence-corrected chi connectivity index (χ2v) is 6.70. The lowest BCUT2D eigenvalue weighted by Crippen LogP contribution is -2.10. The Balaban J connectivity index is 1.75. The van der Waals surface area contributed by atoms with E-state index in [2.05, 4.69) is 6.07 Å². The molecule has 2 aromatic carbocycles. The molecule has 0 radical (unpaired) electrons. The van der Waals surface area contributed by atoms with Gasteiger partial charge in [-0.3, -0.25) is 0 Å². The van der Waals surface area contributed by atoms with Crippen molar-refractivity contribution in [2.24, 2.45) is 0 Å². The van der Waals surface area contributed by atoms with Gasteiger partial charge in [0.2, 0.25) is 0 Å². The Morgan fingerprint density at radius 1 is 1.16 bits per heavy atom. The first kappa shape index (κ1) is 20.3. The van der Waals surface area contributed by atoms with Crippen LogP contribution in [-0.2, 0) is 9.47 Å². The highest BCUT2D eigenvalue weighted by Crippen LogP contribution is 2.32. The molecule has 0 saturated carbocycles. The number of esters is 1. The molecule has 0 N–H and O–H groups in total. The summed E-state index contributed by atoms with van der Waals surface area (Å²) in [7, 11) is 1.50.